The zero-order chi connectivity index (χ0) is 16.4. The lowest BCUT2D eigenvalue weighted by atomic mass is 10.1. The quantitative estimate of drug-likeness (QED) is 0.623. The Morgan fingerprint density at radius 1 is 1.39 bits per heavy atom. The lowest BCUT2D eigenvalue weighted by Crippen LogP contribution is -2.11. The molecule has 0 amide bonds. The van der Waals surface area contributed by atoms with Gasteiger partial charge in [0.1, 0.15) is 17.4 Å². The summed E-state index contributed by atoms with van der Waals surface area (Å²) in [6.45, 7) is 0.858. The first-order valence-corrected chi connectivity index (χ1v) is 7.91. The summed E-state index contributed by atoms with van der Waals surface area (Å²) in [7, 11) is 0. The molecular weight excluding hydrogens is 417 g/mol. The third kappa shape index (κ3) is 3.36. The van der Waals surface area contributed by atoms with Crippen LogP contribution in [0.5, 0.6) is 5.75 Å². The Morgan fingerprint density at radius 3 is 3.00 bits per heavy atom. The minimum atomic E-state index is -0.969. The molecule has 3 aromatic rings. The lowest BCUT2D eigenvalue weighted by molar-refractivity contribution is 0.189. The van der Waals surface area contributed by atoms with E-state index < -0.39 is 12.7 Å². The summed E-state index contributed by atoms with van der Waals surface area (Å²) in [5, 5.41) is 7.32. The second kappa shape index (κ2) is 6.65. The van der Waals surface area contributed by atoms with Crippen molar-refractivity contribution < 1.29 is 13.5 Å². The van der Waals surface area contributed by atoms with Crippen LogP contribution in [0.1, 0.15) is 18.5 Å². The molecule has 0 aliphatic heterocycles. The van der Waals surface area contributed by atoms with E-state index in [9.17, 15) is 8.78 Å². The van der Waals surface area contributed by atoms with Gasteiger partial charge in [0.05, 0.1) is 15.8 Å². The summed E-state index contributed by atoms with van der Waals surface area (Å²) >= 11 is 2.15. The molecule has 0 radical (unpaired) electrons. The maximum Gasteiger partial charge on any atom is 0.228 e. The van der Waals surface area contributed by atoms with Crippen molar-refractivity contribution >= 4 is 34.1 Å². The average Bonchev–Trinajstić information content (AvgIpc) is 2.90. The number of benzene rings is 1. The lowest BCUT2D eigenvalue weighted by Gasteiger charge is -2.18. The van der Waals surface area contributed by atoms with Gasteiger partial charge in [0, 0.05) is 11.8 Å². The fraction of sp³-hybridized carbons (Fsp3) is 0.200. The molecule has 0 saturated heterocycles. The molecule has 0 aliphatic carbocycles. The first-order chi connectivity index (χ1) is 11.1. The fourth-order valence-electron chi connectivity index (χ4n) is 2.27. The van der Waals surface area contributed by atoms with Gasteiger partial charge in [0.25, 0.3) is 0 Å². The highest BCUT2D eigenvalue weighted by atomic mass is 127. The number of alkyl halides is 1. The molecule has 2 aromatic heterocycles. The molecule has 2 heterocycles. The molecular formula is C15H13F2IN4O. The molecule has 1 N–H and O–H groups in total. The van der Waals surface area contributed by atoms with Gasteiger partial charge < -0.3 is 10.1 Å². The second-order valence-electron chi connectivity index (χ2n) is 4.88. The summed E-state index contributed by atoms with van der Waals surface area (Å²) in [5.41, 5.74) is 1.25. The van der Waals surface area contributed by atoms with Gasteiger partial charge in [-0.25, -0.2) is 18.3 Å². The normalized spacial score (nSPS) is 12.3. The van der Waals surface area contributed by atoms with Crippen LogP contribution in [0.3, 0.4) is 0 Å². The van der Waals surface area contributed by atoms with Crippen molar-refractivity contribution in [3.63, 3.8) is 0 Å². The number of rotatable bonds is 5. The molecule has 3 rings (SSSR count). The third-order valence-corrected chi connectivity index (χ3v) is 4.10. The molecule has 5 nitrogen and oxygen atoms in total. The Labute approximate surface area is 144 Å². The monoisotopic (exact) mass is 430 g/mol. The van der Waals surface area contributed by atoms with Gasteiger partial charge in [-0.3, -0.25) is 0 Å². The Bertz CT molecular complexity index is 839. The van der Waals surface area contributed by atoms with E-state index >= 15 is 0 Å². The van der Waals surface area contributed by atoms with Crippen LogP contribution >= 0.6 is 22.6 Å². The zero-order valence-electron chi connectivity index (χ0n) is 12.1. The van der Waals surface area contributed by atoms with Gasteiger partial charge in [-0.15, -0.1) is 0 Å². The van der Waals surface area contributed by atoms with Crippen molar-refractivity contribution in [3.8, 4) is 5.75 Å². The highest BCUT2D eigenvalue weighted by molar-refractivity contribution is 14.1. The van der Waals surface area contributed by atoms with Gasteiger partial charge in [-0.05, 0) is 53.8 Å². The smallest absolute Gasteiger partial charge is 0.228 e. The molecule has 1 atom stereocenters. The maximum absolute atomic E-state index is 13.5. The van der Waals surface area contributed by atoms with Crippen LogP contribution in [0.25, 0.3) is 5.65 Å². The van der Waals surface area contributed by atoms with E-state index in [0.717, 1.165) is 9.22 Å². The Kier molecular flexibility index (Phi) is 4.60. The van der Waals surface area contributed by atoms with Crippen molar-refractivity contribution in [2.45, 2.75) is 13.0 Å². The predicted octanol–water partition coefficient (Wildman–Crippen LogP) is 3.95. The molecule has 8 heteroatoms. The van der Waals surface area contributed by atoms with Gasteiger partial charge in [0.15, 0.2) is 5.65 Å². The minimum absolute atomic E-state index is 0.300. The molecule has 0 fully saturated rings. The summed E-state index contributed by atoms with van der Waals surface area (Å²) < 4.78 is 33.5. The summed E-state index contributed by atoms with van der Waals surface area (Å²) in [6, 6.07) is 5.42. The third-order valence-electron chi connectivity index (χ3n) is 3.34. The molecule has 0 spiro atoms. The molecule has 120 valence electrons. The minimum Gasteiger partial charge on any atom is -0.463 e. The van der Waals surface area contributed by atoms with Crippen LogP contribution in [0, 0.1) is 9.39 Å². The number of hydrogen-bond donors (Lipinski definition) is 1. The van der Waals surface area contributed by atoms with E-state index in [1.807, 2.05) is 6.92 Å². The number of ether oxygens (including phenoxy) is 1. The van der Waals surface area contributed by atoms with Crippen molar-refractivity contribution in [2.75, 3.05) is 12.2 Å². The zero-order valence-corrected chi connectivity index (χ0v) is 14.3. The first kappa shape index (κ1) is 15.9. The molecule has 1 unspecified atom stereocenters. The molecule has 1 aromatic carbocycles. The van der Waals surface area contributed by atoms with Crippen LogP contribution in [0.2, 0.25) is 0 Å². The first-order valence-electron chi connectivity index (χ1n) is 6.83. The van der Waals surface area contributed by atoms with E-state index in [-0.39, 0.29) is 6.04 Å². The predicted molar refractivity (Wildman–Crippen MR) is 90.7 cm³/mol. The summed E-state index contributed by atoms with van der Waals surface area (Å²) in [6.07, 6.45) is 3.50. The Hall–Kier alpha value is -1.97. The average molecular weight is 430 g/mol. The van der Waals surface area contributed by atoms with Crippen molar-refractivity contribution in [1.82, 2.24) is 14.6 Å². The maximum atomic E-state index is 13.5. The number of nitrogens with zero attached hydrogens (tertiary/aromatic N) is 3. The van der Waals surface area contributed by atoms with Crippen LogP contribution in [0.15, 0.2) is 36.7 Å². The summed E-state index contributed by atoms with van der Waals surface area (Å²) in [5.74, 6) is 0.501. The van der Waals surface area contributed by atoms with E-state index in [4.69, 9.17) is 4.74 Å². The van der Waals surface area contributed by atoms with E-state index in [1.54, 1.807) is 23.0 Å². The van der Waals surface area contributed by atoms with Crippen molar-refractivity contribution in [3.05, 3.63) is 51.6 Å². The van der Waals surface area contributed by atoms with E-state index in [1.165, 1.54) is 18.2 Å². The van der Waals surface area contributed by atoms with Crippen LogP contribution in [-0.4, -0.2) is 21.5 Å². The summed E-state index contributed by atoms with van der Waals surface area (Å²) in [4.78, 5) is 4.47. The largest absolute Gasteiger partial charge is 0.463 e. The molecule has 0 aliphatic rings. The van der Waals surface area contributed by atoms with Crippen LogP contribution in [0.4, 0.5) is 14.6 Å². The number of halogens is 3. The van der Waals surface area contributed by atoms with Gasteiger partial charge in [0.2, 0.25) is 6.86 Å². The topological polar surface area (TPSA) is 51.5 Å². The van der Waals surface area contributed by atoms with Gasteiger partial charge in [-0.2, -0.15) is 5.10 Å². The highest BCUT2D eigenvalue weighted by Crippen LogP contribution is 2.28. The van der Waals surface area contributed by atoms with Crippen LogP contribution < -0.4 is 10.1 Å². The van der Waals surface area contributed by atoms with E-state index in [2.05, 4.69) is 38.0 Å². The SMILES string of the molecule is CC(Nc1ccn2ncc(I)c2n1)c1cc(F)ccc1OCF. The number of anilines is 1. The molecule has 0 saturated carbocycles. The second-order valence-corrected chi connectivity index (χ2v) is 6.04. The number of fused-ring (bicyclic) bond motifs is 1. The standard InChI is InChI=1S/C15H13F2IN4O/c1-9(11-6-10(17)2-3-13(11)23-8-16)20-14-4-5-22-15(21-14)12(18)7-19-22/h2-7,9H,8H2,1H3,(H,20,21). The van der Waals surface area contributed by atoms with E-state index in [0.29, 0.717) is 17.1 Å². The van der Waals surface area contributed by atoms with Crippen molar-refractivity contribution in [1.29, 1.82) is 0 Å². The fourth-order valence-corrected chi connectivity index (χ4v) is 2.76. The van der Waals surface area contributed by atoms with Crippen molar-refractivity contribution in [2.24, 2.45) is 0 Å². The number of aromatic nitrogens is 3. The Morgan fingerprint density at radius 2 is 2.22 bits per heavy atom. The molecule has 23 heavy (non-hydrogen) atoms. The molecule has 0 bridgehead atoms. The van der Waals surface area contributed by atoms with Gasteiger partial charge in [-0.1, -0.05) is 0 Å². The Balaban J connectivity index is 1.89. The number of hydrogen-bond acceptors (Lipinski definition) is 4. The number of nitrogens with one attached hydrogen (secondary N) is 1. The van der Waals surface area contributed by atoms with Crippen LogP contribution in [-0.2, 0) is 0 Å². The van der Waals surface area contributed by atoms with Gasteiger partial charge >= 0.3 is 0 Å². The highest BCUT2D eigenvalue weighted by Gasteiger charge is 2.14.